The van der Waals surface area contributed by atoms with Crippen LogP contribution < -0.4 is 10.6 Å². The lowest BCUT2D eigenvalue weighted by molar-refractivity contribution is 0.0922. The smallest absolute Gasteiger partial charge is 0.251 e. The van der Waals surface area contributed by atoms with Crippen molar-refractivity contribution < 1.29 is 4.79 Å². The summed E-state index contributed by atoms with van der Waals surface area (Å²) in [6.07, 6.45) is 8.36. The summed E-state index contributed by atoms with van der Waals surface area (Å²) in [7, 11) is 0. The van der Waals surface area contributed by atoms with Crippen LogP contribution in [-0.4, -0.2) is 41.1 Å². The van der Waals surface area contributed by atoms with E-state index < -0.39 is 0 Å². The first kappa shape index (κ1) is 17.2. The van der Waals surface area contributed by atoms with Crippen molar-refractivity contribution in [2.75, 3.05) is 13.1 Å². The molecule has 1 saturated heterocycles. The van der Waals surface area contributed by atoms with E-state index >= 15 is 0 Å². The monoisotopic (exact) mass is 345 g/mol. The van der Waals surface area contributed by atoms with E-state index in [1.165, 1.54) is 32.1 Å². The minimum atomic E-state index is 0.0250. The molecule has 0 bridgehead atoms. The number of thiocarbonyl (C=S) groups is 1. The third kappa shape index (κ3) is 4.69. The van der Waals surface area contributed by atoms with Crippen molar-refractivity contribution in [3.63, 3.8) is 0 Å². The second-order valence-electron chi connectivity index (χ2n) is 6.89. The van der Waals surface area contributed by atoms with E-state index in [2.05, 4.69) is 15.5 Å². The van der Waals surface area contributed by atoms with Gasteiger partial charge in [0.2, 0.25) is 0 Å². The summed E-state index contributed by atoms with van der Waals surface area (Å²) >= 11 is 5.59. The molecule has 1 aliphatic carbocycles. The van der Waals surface area contributed by atoms with Gasteiger partial charge < -0.3 is 15.5 Å². The Morgan fingerprint density at radius 3 is 2.21 bits per heavy atom. The van der Waals surface area contributed by atoms with Crippen LogP contribution in [0.3, 0.4) is 0 Å². The van der Waals surface area contributed by atoms with Gasteiger partial charge in [-0.15, -0.1) is 0 Å². The average molecular weight is 346 g/mol. The van der Waals surface area contributed by atoms with Gasteiger partial charge in [0.05, 0.1) is 0 Å². The summed E-state index contributed by atoms with van der Waals surface area (Å²) in [5.41, 5.74) is 0.731. The van der Waals surface area contributed by atoms with Gasteiger partial charge in [-0.3, -0.25) is 4.79 Å². The van der Waals surface area contributed by atoms with Crippen LogP contribution in [0, 0.1) is 0 Å². The summed E-state index contributed by atoms with van der Waals surface area (Å²) in [6.45, 7) is 1.83. The predicted octanol–water partition coefficient (Wildman–Crippen LogP) is 3.09. The SMILES string of the molecule is O=C(NC1CCN(C(=S)NC2CCCCC2)CC1)c1ccccc1. The van der Waals surface area contributed by atoms with Gasteiger partial charge in [-0.25, -0.2) is 0 Å². The number of likely N-dealkylation sites (tertiary alicyclic amines) is 1. The Kier molecular flexibility index (Phi) is 6.07. The Morgan fingerprint density at radius 2 is 1.54 bits per heavy atom. The van der Waals surface area contributed by atoms with E-state index in [1.54, 1.807) is 0 Å². The molecule has 1 aliphatic heterocycles. The van der Waals surface area contributed by atoms with Crippen molar-refractivity contribution >= 4 is 23.2 Å². The number of piperidine rings is 1. The third-order valence-corrected chi connectivity index (χ3v) is 5.46. The Morgan fingerprint density at radius 1 is 0.917 bits per heavy atom. The van der Waals surface area contributed by atoms with E-state index in [4.69, 9.17) is 12.2 Å². The van der Waals surface area contributed by atoms with E-state index in [-0.39, 0.29) is 11.9 Å². The van der Waals surface area contributed by atoms with Crippen LogP contribution in [-0.2, 0) is 0 Å². The third-order valence-electron chi connectivity index (χ3n) is 5.09. The molecule has 0 spiro atoms. The zero-order chi connectivity index (χ0) is 16.8. The van der Waals surface area contributed by atoms with Crippen LogP contribution in [0.15, 0.2) is 30.3 Å². The standard InChI is InChI=1S/C19H27N3OS/c23-18(15-7-3-1-4-8-15)20-17-11-13-22(14-12-17)19(24)21-16-9-5-2-6-10-16/h1,3-4,7-8,16-17H,2,5-6,9-14H2,(H,20,23)(H,21,24). The van der Waals surface area contributed by atoms with E-state index in [9.17, 15) is 4.79 Å². The van der Waals surface area contributed by atoms with Crippen molar-refractivity contribution in [3.8, 4) is 0 Å². The van der Waals surface area contributed by atoms with Gasteiger partial charge in [0.25, 0.3) is 5.91 Å². The largest absolute Gasteiger partial charge is 0.360 e. The topological polar surface area (TPSA) is 44.4 Å². The molecule has 0 unspecified atom stereocenters. The fourth-order valence-corrected chi connectivity index (χ4v) is 3.95. The quantitative estimate of drug-likeness (QED) is 0.827. The van der Waals surface area contributed by atoms with Crippen LogP contribution in [0.5, 0.6) is 0 Å². The van der Waals surface area contributed by atoms with Crippen molar-refractivity contribution in [2.24, 2.45) is 0 Å². The van der Waals surface area contributed by atoms with Crippen LogP contribution in [0.25, 0.3) is 0 Å². The highest BCUT2D eigenvalue weighted by molar-refractivity contribution is 7.80. The second kappa shape index (κ2) is 8.47. The highest BCUT2D eigenvalue weighted by Crippen LogP contribution is 2.18. The maximum atomic E-state index is 12.2. The number of carbonyl (C=O) groups excluding carboxylic acids is 1. The molecule has 0 radical (unpaired) electrons. The van der Waals surface area contributed by atoms with Crippen LogP contribution in [0.4, 0.5) is 0 Å². The maximum Gasteiger partial charge on any atom is 0.251 e. The summed E-state index contributed by atoms with van der Waals surface area (Å²) in [5.74, 6) is 0.0250. The molecule has 2 N–H and O–H groups in total. The number of amides is 1. The van der Waals surface area contributed by atoms with Crippen molar-refractivity contribution in [1.29, 1.82) is 0 Å². The molecule has 1 heterocycles. The lowest BCUT2D eigenvalue weighted by Crippen LogP contribution is -2.51. The molecule has 130 valence electrons. The molecule has 3 rings (SSSR count). The molecule has 0 aromatic heterocycles. The number of nitrogens with zero attached hydrogens (tertiary/aromatic N) is 1. The Labute approximate surface area is 150 Å². The fourth-order valence-electron chi connectivity index (χ4n) is 3.60. The summed E-state index contributed by atoms with van der Waals surface area (Å²) < 4.78 is 0. The molecule has 2 fully saturated rings. The van der Waals surface area contributed by atoms with E-state index in [0.717, 1.165) is 36.6 Å². The molecule has 1 saturated carbocycles. The predicted molar refractivity (Wildman–Crippen MR) is 101 cm³/mol. The lowest BCUT2D eigenvalue weighted by atomic mass is 9.96. The minimum Gasteiger partial charge on any atom is -0.360 e. The Hall–Kier alpha value is -1.62. The molecule has 1 aromatic rings. The van der Waals surface area contributed by atoms with Gasteiger partial charge in [-0.1, -0.05) is 37.5 Å². The molecule has 24 heavy (non-hydrogen) atoms. The molecule has 1 aromatic carbocycles. The molecule has 1 amide bonds. The van der Waals surface area contributed by atoms with Crippen molar-refractivity contribution in [3.05, 3.63) is 35.9 Å². The van der Waals surface area contributed by atoms with Gasteiger partial charge in [0, 0.05) is 30.7 Å². The van der Waals surface area contributed by atoms with E-state index in [1.807, 2.05) is 30.3 Å². The lowest BCUT2D eigenvalue weighted by Gasteiger charge is -2.36. The van der Waals surface area contributed by atoms with E-state index in [0.29, 0.717) is 6.04 Å². The molecular weight excluding hydrogens is 318 g/mol. The Balaban J connectivity index is 1.42. The van der Waals surface area contributed by atoms with Gasteiger partial charge in [-0.05, 0) is 50.0 Å². The molecular formula is C19H27N3OS. The molecule has 0 atom stereocenters. The second-order valence-corrected chi connectivity index (χ2v) is 7.27. The Bertz CT molecular complexity index is 549. The van der Waals surface area contributed by atoms with Crippen molar-refractivity contribution in [1.82, 2.24) is 15.5 Å². The number of nitrogens with one attached hydrogen (secondary N) is 2. The number of carbonyl (C=O) groups is 1. The highest BCUT2D eigenvalue weighted by atomic mass is 32.1. The van der Waals surface area contributed by atoms with Gasteiger partial charge in [0.15, 0.2) is 5.11 Å². The fraction of sp³-hybridized carbons (Fsp3) is 0.579. The number of benzene rings is 1. The summed E-state index contributed by atoms with van der Waals surface area (Å²) in [4.78, 5) is 14.5. The molecule has 5 heteroatoms. The zero-order valence-electron chi connectivity index (χ0n) is 14.2. The molecule has 4 nitrogen and oxygen atoms in total. The number of rotatable bonds is 3. The van der Waals surface area contributed by atoms with Crippen LogP contribution in [0.2, 0.25) is 0 Å². The summed E-state index contributed by atoms with van der Waals surface area (Å²) in [6, 6.07) is 10.2. The zero-order valence-corrected chi connectivity index (χ0v) is 15.0. The minimum absolute atomic E-state index is 0.0250. The summed E-state index contributed by atoms with van der Waals surface area (Å²) in [5, 5.41) is 7.58. The van der Waals surface area contributed by atoms with Crippen molar-refractivity contribution in [2.45, 2.75) is 57.0 Å². The van der Waals surface area contributed by atoms with Crippen LogP contribution in [0.1, 0.15) is 55.3 Å². The normalized spacial score (nSPS) is 19.8. The van der Waals surface area contributed by atoms with Gasteiger partial charge in [-0.2, -0.15) is 0 Å². The highest BCUT2D eigenvalue weighted by Gasteiger charge is 2.24. The first-order valence-electron chi connectivity index (χ1n) is 9.14. The maximum absolute atomic E-state index is 12.2. The van der Waals surface area contributed by atoms with Gasteiger partial charge >= 0.3 is 0 Å². The van der Waals surface area contributed by atoms with Gasteiger partial charge in [0.1, 0.15) is 0 Å². The molecule has 2 aliphatic rings. The number of hydrogen-bond acceptors (Lipinski definition) is 2. The average Bonchev–Trinajstić information content (AvgIpc) is 2.64. The van der Waals surface area contributed by atoms with Crippen LogP contribution >= 0.6 is 12.2 Å². The first-order valence-corrected chi connectivity index (χ1v) is 9.54. The first-order chi connectivity index (χ1) is 11.7. The number of hydrogen-bond donors (Lipinski definition) is 2.